The molecular weight excluding hydrogens is 238 g/mol. The number of nitrogens with zero attached hydrogens (tertiary/aromatic N) is 2. The monoisotopic (exact) mass is 249 g/mol. The van der Waals surface area contributed by atoms with Gasteiger partial charge < -0.3 is 10.1 Å². The zero-order chi connectivity index (χ0) is 12.1. The van der Waals surface area contributed by atoms with Gasteiger partial charge in [-0.15, -0.1) is 0 Å². The fourth-order valence-electron chi connectivity index (χ4n) is 1.24. The van der Waals surface area contributed by atoms with Gasteiger partial charge in [0.25, 0.3) is 11.1 Å². The minimum Gasteiger partial charge on any atom is -0.473 e. The van der Waals surface area contributed by atoms with Crippen molar-refractivity contribution in [3.05, 3.63) is 41.2 Å². The average Bonchev–Trinajstić information content (AvgIpc) is 2.85. The Morgan fingerprint density at radius 2 is 2.24 bits per heavy atom. The van der Waals surface area contributed by atoms with E-state index >= 15 is 0 Å². The highest BCUT2D eigenvalue weighted by Gasteiger charge is 2.06. The zero-order valence-electron chi connectivity index (χ0n) is 9.21. The maximum atomic E-state index is 11.7. The van der Waals surface area contributed by atoms with Gasteiger partial charge in [-0.25, -0.2) is 4.98 Å². The van der Waals surface area contributed by atoms with Gasteiger partial charge in [-0.1, -0.05) is 11.3 Å². The SMILES string of the molecule is COc1ncc(CNC(=O)c2ccncc2)s1. The number of nitrogens with one attached hydrogen (secondary N) is 1. The lowest BCUT2D eigenvalue weighted by molar-refractivity contribution is 0.0951. The second-order valence-electron chi connectivity index (χ2n) is 3.22. The minimum absolute atomic E-state index is 0.125. The second kappa shape index (κ2) is 5.40. The Kier molecular flexibility index (Phi) is 3.66. The van der Waals surface area contributed by atoms with Crippen LogP contribution in [-0.2, 0) is 6.54 Å². The molecule has 17 heavy (non-hydrogen) atoms. The molecule has 0 saturated carbocycles. The summed E-state index contributed by atoms with van der Waals surface area (Å²) in [7, 11) is 1.57. The molecule has 0 saturated heterocycles. The molecule has 88 valence electrons. The molecule has 0 aliphatic rings. The smallest absolute Gasteiger partial charge is 0.273 e. The predicted molar refractivity (Wildman–Crippen MR) is 64.1 cm³/mol. The average molecular weight is 249 g/mol. The van der Waals surface area contributed by atoms with Gasteiger partial charge >= 0.3 is 0 Å². The van der Waals surface area contributed by atoms with Crippen molar-refractivity contribution in [2.45, 2.75) is 6.54 Å². The number of carbonyl (C=O) groups is 1. The topological polar surface area (TPSA) is 64.1 Å². The Bertz CT molecular complexity index is 498. The van der Waals surface area contributed by atoms with Crippen LogP contribution in [0.25, 0.3) is 0 Å². The summed E-state index contributed by atoms with van der Waals surface area (Å²) in [6.07, 6.45) is 4.87. The Morgan fingerprint density at radius 3 is 2.88 bits per heavy atom. The number of pyridine rings is 1. The van der Waals surface area contributed by atoms with E-state index in [4.69, 9.17) is 4.74 Å². The van der Waals surface area contributed by atoms with E-state index < -0.39 is 0 Å². The maximum absolute atomic E-state index is 11.7. The molecule has 2 aromatic rings. The lowest BCUT2D eigenvalue weighted by Crippen LogP contribution is -2.22. The van der Waals surface area contributed by atoms with Gasteiger partial charge in [-0.2, -0.15) is 0 Å². The van der Waals surface area contributed by atoms with E-state index in [0.717, 1.165) is 4.88 Å². The van der Waals surface area contributed by atoms with Crippen LogP contribution in [0.1, 0.15) is 15.2 Å². The summed E-state index contributed by atoms with van der Waals surface area (Å²) in [5, 5.41) is 3.40. The van der Waals surface area contributed by atoms with Crippen LogP contribution in [0.15, 0.2) is 30.7 Å². The van der Waals surface area contributed by atoms with Crippen molar-refractivity contribution in [3.8, 4) is 5.19 Å². The number of aromatic nitrogens is 2. The third kappa shape index (κ3) is 3.01. The molecule has 0 aromatic carbocycles. The van der Waals surface area contributed by atoms with E-state index in [1.807, 2.05) is 0 Å². The van der Waals surface area contributed by atoms with Crippen molar-refractivity contribution in [2.24, 2.45) is 0 Å². The van der Waals surface area contributed by atoms with E-state index in [1.165, 1.54) is 11.3 Å². The molecule has 0 aliphatic heterocycles. The molecule has 0 spiro atoms. The molecule has 2 heterocycles. The standard InChI is InChI=1S/C11H11N3O2S/c1-16-11-14-7-9(17-11)6-13-10(15)8-2-4-12-5-3-8/h2-5,7H,6H2,1H3,(H,13,15). The lowest BCUT2D eigenvalue weighted by Gasteiger charge is -2.02. The highest BCUT2D eigenvalue weighted by Crippen LogP contribution is 2.19. The number of thiazole rings is 1. The summed E-state index contributed by atoms with van der Waals surface area (Å²) in [6.45, 7) is 0.447. The van der Waals surface area contributed by atoms with Crippen molar-refractivity contribution in [2.75, 3.05) is 7.11 Å². The second-order valence-corrected chi connectivity index (χ2v) is 4.29. The third-order valence-electron chi connectivity index (χ3n) is 2.07. The quantitative estimate of drug-likeness (QED) is 0.891. The molecule has 0 atom stereocenters. The van der Waals surface area contributed by atoms with Crippen LogP contribution in [-0.4, -0.2) is 23.0 Å². The van der Waals surface area contributed by atoms with Gasteiger partial charge in [-0.05, 0) is 12.1 Å². The van der Waals surface area contributed by atoms with Gasteiger partial charge in [0.15, 0.2) is 0 Å². The number of ether oxygens (including phenoxy) is 1. The molecule has 0 radical (unpaired) electrons. The van der Waals surface area contributed by atoms with E-state index in [-0.39, 0.29) is 5.91 Å². The Labute approximate surface area is 102 Å². The number of amides is 1. The highest BCUT2D eigenvalue weighted by molar-refractivity contribution is 7.13. The first-order chi connectivity index (χ1) is 8.29. The first kappa shape index (κ1) is 11.5. The van der Waals surface area contributed by atoms with Crippen LogP contribution in [0.4, 0.5) is 0 Å². The minimum atomic E-state index is -0.125. The van der Waals surface area contributed by atoms with Crippen LogP contribution in [0, 0.1) is 0 Å². The molecule has 0 unspecified atom stereocenters. The number of rotatable bonds is 4. The molecule has 0 bridgehead atoms. The van der Waals surface area contributed by atoms with Crippen LogP contribution < -0.4 is 10.1 Å². The van der Waals surface area contributed by atoms with Gasteiger partial charge in [0.2, 0.25) is 0 Å². The molecule has 0 aliphatic carbocycles. The number of carbonyl (C=O) groups excluding carboxylic acids is 1. The van der Waals surface area contributed by atoms with Crippen molar-refractivity contribution >= 4 is 17.2 Å². The van der Waals surface area contributed by atoms with Crippen molar-refractivity contribution in [1.29, 1.82) is 0 Å². The Hall–Kier alpha value is -1.95. The fourth-order valence-corrected chi connectivity index (χ4v) is 1.90. The van der Waals surface area contributed by atoms with E-state index in [0.29, 0.717) is 17.3 Å². The van der Waals surface area contributed by atoms with Crippen LogP contribution in [0.5, 0.6) is 5.19 Å². The van der Waals surface area contributed by atoms with Crippen molar-refractivity contribution in [1.82, 2.24) is 15.3 Å². The van der Waals surface area contributed by atoms with Gasteiger partial charge in [-0.3, -0.25) is 9.78 Å². The van der Waals surface area contributed by atoms with E-state index in [2.05, 4.69) is 15.3 Å². The Morgan fingerprint density at radius 1 is 1.47 bits per heavy atom. The third-order valence-corrected chi connectivity index (χ3v) is 3.03. The van der Waals surface area contributed by atoms with E-state index in [1.54, 1.807) is 37.8 Å². The number of hydrogen-bond donors (Lipinski definition) is 1. The number of hydrogen-bond acceptors (Lipinski definition) is 5. The van der Waals surface area contributed by atoms with Crippen LogP contribution in [0.3, 0.4) is 0 Å². The first-order valence-corrected chi connectivity index (χ1v) is 5.78. The predicted octanol–water partition coefficient (Wildman–Crippen LogP) is 1.48. The van der Waals surface area contributed by atoms with E-state index in [9.17, 15) is 4.79 Å². The fraction of sp³-hybridized carbons (Fsp3) is 0.182. The molecule has 1 amide bonds. The summed E-state index contributed by atoms with van der Waals surface area (Å²) in [4.78, 5) is 20.5. The zero-order valence-corrected chi connectivity index (χ0v) is 10.0. The van der Waals surface area contributed by atoms with Gasteiger partial charge in [0, 0.05) is 29.0 Å². The molecule has 1 N–H and O–H groups in total. The molecular formula is C11H11N3O2S. The maximum Gasteiger partial charge on any atom is 0.273 e. The summed E-state index contributed by atoms with van der Waals surface area (Å²) >= 11 is 1.41. The summed E-state index contributed by atoms with van der Waals surface area (Å²) in [6, 6.07) is 3.34. The largest absolute Gasteiger partial charge is 0.473 e. The van der Waals surface area contributed by atoms with Crippen LogP contribution in [0.2, 0.25) is 0 Å². The van der Waals surface area contributed by atoms with Crippen molar-refractivity contribution in [3.63, 3.8) is 0 Å². The summed E-state index contributed by atoms with van der Waals surface area (Å²) < 4.78 is 4.97. The normalized spacial score (nSPS) is 9.94. The van der Waals surface area contributed by atoms with Gasteiger partial charge in [0.05, 0.1) is 13.7 Å². The number of methoxy groups -OCH3 is 1. The first-order valence-electron chi connectivity index (χ1n) is 4.96. The lowest BCUT2D eigenvalue weighted by atomic mass is 10.2. The molecule has 5 nitrogen and oxygen atoms in total. The molecule has 0 fully saturated rings. The summed E-state index contributed by atoms with van der Waals surface area (Å²) in [5.74, 6) is -0.125. The summed E-state index contributed by atoms with van der Waals surface area (Å²) in [5.41, 5.74) is 0.594. The van der Waals surface area contributed by atoms with Gasteiger partial charge in [0.1, 0.15) is 0 Å². The molecule has 6 heteroatoms. The van der Waals surface area contributed by atoms with Crippen molar-refractivity contribution < 1.29 is 9.53 Å². The van der Waals surface area contributed by atoms with Crippen LogP contribution >= 0.6 is 11.3 Å². The Balaban J connectivity index is 1.92. The highest BCUT2D eigenvalue weighted by atomic mass is 32.1. The molecule has 2 aromatic heterocycles. The molecule has 2 rings (SSSR count).